The molecule has 0 radical (unpaired) electrons. The molecular formula is C25H34IN3O4. The maximum atomic E-state index is 12.0. The SMILES string of the molecule is CCNC(=NCc1ccc(OC)c(C(=O)OC)c1)N1CCC(COCc2ccccc2)C1.I. The first-order valence-corrected chi connectivity index (χ1v) is 11.0. The van der Waals surface area contributed by atoms with Crippen molar-refractivity contribution >= 4 is 35.9 Å². The van der Waals surface area contributed by atoms with Gasteiger partial charge in [-0.3, -0.25) is 0 Å². The van der Waals surface area contributed by atoms with Crippen molar-refractivity contribution in [2.24, 2.45) is 10.9 Å². The second-order valence-electron chi connectivity index (χ2n) is 7.80. The number of nitrogens with one attached hydrogen (secondary N) is 1. The number of carbonyl (C=O) groups is 1. The fourth-order valence-electron chi connectivity index (χ4n) is 3.79. The summed E-state index contributed by atoms with van der Waals surface area (Å²) in [5.41, 5.74) is 2.52. The average molecular weight is 567 g/mol. The van der Waals surface area contributed by atoms with Gasteiger partial charge in [-0.25, -0.2) is 9.79 Å². The van der Waals surface area contributed by atoms with E-state index in [4.69, 9.17) is 19.2 Å². The van der Waals surface area contributed by atoms with Gasteiger partial charge in [0.2, 0.25) is 0 Å². The minimum absolute atomic E-state index is 0. The van der Waals surface area contributed by atoms with Gasteiger partial charge in [0.05, 0.1) is 34.0 Å². The summed E-state index contributed by atoms with van der Waals surface area (Å²) < 4.78 is 16.1. The molecule has 180 valence electrons. The van der Waals surface area contributed by atoms with E-state index < -0.39 is 5.97 Å². The minimum atomic E-state index is -0.419. The number of nitrogens with zero attached hydrogens (tertiary/aromatic N) is 2. The minimum Gasteiger partial charge on any atom is -0.496 e. The van der Waals surface area contributed by atoms with Crippen LogP contribution in [0.2, 0.25) is 0 Å². The first kappa shape index (κ1) is 26.9. The molecule has 0 amide bonds. The highest BCUT2D eigenvalue weighted by Gasteiger charge is 2.25. The Morgan fingerprint density at radius 1 is 1.15 bits per heavy atom. The zero-order valence-corrected chi connectivity index (χ0v) is 21.9. The van der Waals surface area contributed by atoms with Crippen LogP contribution in [0.25, 0.3) is 0 Å². The van der Waals surface area contributed by atoms with E-state index in [9.17, 15) is 4.79 Å². The lowest BCUT2D eigenvalue weighted by molar-refractivity contribution is 0.0597. The summed E-state index contributed by atoms with van der Waals surface area (Å²) in [4.78, 5) is 19.1. The van der Waals surface area contributed by atoms with Gasteiger partial charge in [0.25, 0.3) is 0 Å². The molecule has 1 N–H and O–H groups in total. The van der Waals surface area contributed by atoms with E-state index in [1.807, 2.05) is 24.3 Å². The first-order chi connectivity index (χ1) is 15.6. The first-order valence-electron chi connectivity index (χ1n) is 11.0. The molecule has 1 aliphatic rings. The van der Waals surface area contributed by atoms with Crippen molar-refractivity contribution in [2.45, 2.75) is 26.5 Å². The molecule has 0 spiro atoms. The van der Waals surface area contributed by atoms with Crippen LogP contribution in [-0.2, 0) is 22.6 Å². The van der Waals surface area contributed by atoms with Gasteiger partial charge in [-0.15, -0.1) is 24.0 Å². The van der Waals surface area contributed by atoms with Gasteiger partial charge in [0.1, 0.15) is 11.3 Å². The molecule has 33 heavy (non-hydrogen) atoms. The maximum absolute atomic E-state index is 12.0. The average Bonchev–Trinajstić information content (AvgIpc) is 3.30. The van der Waals surface area contributed by atoms with Crippen molar-refractivity contribution < 1.29 is 19.0 Å². The van der Waals surface area contributed by atoms with E-state index in [-0.39, 0.29) is 24.0 Å². The molecule has 1 aliphatic heterocycles. The molecule has 0 bridgehead atoms. The molecular weight excluding hydrogens is 533 g/mol. The van der Waals surface area contributed by atoms with Gasteiger partial charge < -0.3 is 24.4 Å². The molecule has 8 heteroatoms. The third kappa shape index (κ3) is 7.89. The number of hydrogen-bond acceptors (Lipinski definition) is 5. The van der Waals surface area contributed by atoms with Gasteiger partial charge in [-0.05, 0) is 36.6 Å². The topological polar surface area (TPSA) is 72.4 Å². The van der Waals surface area contributed by atoms with E-state index in [0.717, 1.165) is 44.2 Å². The van der Waals surface area contributed by atoms with Crippen molar-refractivity contribution in [3.05, 3.63) is 65.2 Å². The van der Waals surface area contributed by atoms with Crippen molar-refractivity contribution in [1.82, 2.24) is 10.2 Å². The Hall–Kier alpha value is -2.33. The van der Waals surface area contributed by atoms with Gasteiger partial charge >= 0.3 is 5.97 Å². The largest absolute Gasteiger partial charge is 0.496 e. The lowest BCUT2D eigenvalue weighted by Crippen LogP contribution is -2.40. The Balaban J connectivity index is 0.00000385. The van der Waals surface area contributed by atoms with Gasteiger partial charge in [0.15, 0.2) is 5.96 Å². The lowest BCUT2D eigenvalue weighted by Gasteiger charge is -2.22. The molecule has 1 atom stereocenters. The monoisotopic (exact) mass is 567 g/mol. The number of methoxy groups -OCH3 is 2. The summed E-state index contributed by atoms with van der Waals surface area (Å²) >= 11 is 0. The quantitative estimate of drug-likeness (QED) is 0.213. The van der Waals surface area contributed by atoms with E-state index >= 15 is 0 Å². The smallest absolute Gasteiger partial charge is 0.341 e. The second-order valence-corrected chi connectivity index (χ2v) is 7.80. The third-order valence-corrected chi connectivity index (χ3v) is 5.47. The molecule has 1 heterocycles. The molecule has 1 unspecified atom stereocenters. The van der Waals surface area contributed by atoms with Crippen LogP contribution < -0.4 is 10.1 Å². The number of aliphatic imine (C=N–C) groups is 1. The van der Waals surface area contributed by atoms with E-state index in [2.05, 4.69) is 29.3 Å². The van der Waals surface area contributed by atoms with Crippen molar-refractivity contribution in [3.63, 3.8) is 0 Å². The van der Waals surface area contributed by atoms with Gasteiger partial charge in [-0.1, -0.05) is 36.4 Å². The summed E-state index contributed by atoms with van der Waals surface area (Å²) in [6.07, 6.45) is 1.08. The standard InChI is InChI=1S/C25H33N3O4.HI/c1-4-26-25(27-15-20-10-11-23(30-2)22(14-20)24(29)31-3)28-13-12-21(16-28)18-32-17-19-8-6-5-7-9-19;/h5-11,14,21H,4,12-13,15-18H2,1-3H3,(H,26,27);1H. The number of benzene rings is 2. The molecule has 0 aliphatic carbocycles. The summed E-state index contributed by atoms with van der Waals surface area (Å²) in [7, 11) is 2.90. The molecule has 1 saturated heterocycles. The van der Waals surface area contributed by atoms with Gasteiger partial charge in [0, 0.05) is 25.6 Å². The van der Waals surface area contributed by atoms with Crippen LogP contribution in [-0.4, -0.2) is 57.3 Å². The Morgan fingerprint density at radius 2 is 1.94 bits per heavy atom. The number of rotatable bonds is 9. The van der Waals surface area contributed by atoms with E-state index in [0.29, 0.717) is 30.4 Å². The highest BCUT2D eigenvalue weighted by atomic mass is 127. The number of ether oxygens (including phenoxy) is 3. The van der Waals surface area contributed by atoms with E-state index in [1.54, 1.807) is 12.1 Å². The molecule has 2 aromatic rings. The summed E-state index contributed by atoms with van der Waals surface area (Å²) in [5, 5.41) is 3.39. The third-order valence-electron chi connectivity index (χ3n) is 5.47. The molecule has 0 saturated carbocycles. The summed E-state index contributed by atoms with van der Waals surface area (Å²) in [5.74, 6) is 1.44. The normalized spacial score (nSPS) is 15.7. The number of hydrogen-bond donors (Lipinski definition) is 1. The Labute approximate surface area is 213 Å². The fourth-order valence-corrected chi connectivity index (χ4v) is 3.79. The van der Waals surface area contributed by atoms with Crippen LogP contribution in [0.5, 0.6) is 5.75 Å². The number of halogens is 1. The molecule has 0 aromatic heterocycles. The van der Waals surface area contributed by atoms with Crippen molar-refractivity contribution in [2.75, 3.05) is 40.5 Å². The number of guanidine groups is 1. The highest BCUT2D eigenvalue weighted by molar-refractivity contribution is 14.0. The Bertz CT molecular complexity index is 908. The Kier molecular flexibility index (Phi) is 11.5. The summed E-state index contributed by atoms with van der Waals surface area (Å²) in [6.45, 7) is 6.56. The van der Waals surface area contributed by atoms with Gasteiger partial charge in [-0.2, -0.15) is 0 Å². The predicted molar refractivity (Wildman–Crippen MR) is 140 cm³/mol. The molecule has 7 nitrogen and oxygen atoms in total. The van der Waals surface area contributed by atoms with Crippen LogP contribution in [0, 0.1) is 5.92 Å². The highest BCUT2D eigenvalue weighted by Crippen LogP contribution is 2.22. The zero-order chi connectivity index (χ0) is 22.8. The molecule has 2 aromatic carbocycles. The van der Waals surface area contributed by atoms with E-state index in [1.165, 1.54) is 19.8 Å². The second kappa shape index (κ2) is 14.0. The van der Waals surface area contributed by atoms with Crippen LogP contribution in [0.4, 0.5) is 0 Å². The predicted octanol–water partition coefficient (Wildman–Crippen LogP) is 4.10. The maximum Gasteiger partial charge on any atom is 0.341 e. The number of carbonyl (C=O) groups excluding carboxylic acids is 1. The van der Waals surface area contributed by atoms with Crippen LogP contribution in [0.15, 0.2) is 53.5 Å². The summed E-state index contributed by atoms with van der Waals surface area (Å²) in [6, 6.07) is 15.7. The van der Waals surface area contributed by atoms with Crippen molar-refractivity contribution in [3.8, 4) is 5.75 Å². The van der Waals surface area contributed by atoms with Crippen LogP contribution in [0.1, 0.15) is 34.8 Å². The van der Waals surface area contributed by atoms with Crippen LogP contribution in [0.3, 0.4) is 0 Å². The lowest BCUT2D eigenvalue weighted by atomic mass is 10.1. The van der Waals surface area contributed by atoms with Crippen LogP contribution >= 0.6 is 24.0 Å². The Morgan fingerprint density at radius 3 is 2.64 bits per heavy atom. The molecule has 1 fully saturated rings. The number of esters is 1. The zero-order valence-electron chi connectivity index (χ0n) is 19.6. The number of likely N-dealkylation sites (tertiary alicyclic amines) is 1. The van der Waals surface area contributed by atoms with Crippen molar-refractivity contribution in [1.29, 1.82) is 0 Å². The molecule has 3 rings (SSSR count). The fraction of sp³-hybridized carbons (Fsp3) is 0.440.